The van der Waals surface area contributed by atoms with Crippen molar-refractivity contribution in [1.82, 2.24) is 9.88 Å². The number of hydrogen-bond acceptors (Lipinski definition) is 3. The third-order valence-corrected chi connectivity index (χ3v) is 5.94. The number of rotatable bonds is 6. The van der Waals surface area contributed by atoms with Crippen LogP contribution in [-0.2, 0) is 17.7 Å². The molecule has 0 saturated carbocycles. The van der Waals surface area contributed by atoms with Crippen molar-refractivity contribution >= 4 is 0 Å². The summed E-state index contributed by atoms with van der Waals surface area (Å²) in [6, 6.07) is 17.1. The zero-order valence-corrected chi connectivity index (χ0v) is 14.9. The fourth-order valence-corrected chi connectivity index (χ4v) is 4.57. The first kappa shape index (κ1) is 16.7. The predicted octanol–water partition coefficient (Wildman–Crippen LogP) is 4.09. The van der Waals surface area contributed by atoms with Gasteiger partial charge in [-0.15, -0.1) is 0 Å². The summed E-state index contributed by atoms with van der Waals surface area (Å²) in [6.45, 7) is 4.20. The molecule has 2 unspecified atom stereocenters. The van der Waals surface area contributed by atoms with Crippen molar-refractivity contribution in [3.05, 3.63) is 66.0 Å². The van der Waals surface area contributed by atoms with Crippen molar-refractivity contribution in [2.75, 3.05) is 19.7 Å². The van der Waals surface area contributed by atoms with Gasteiger partial charge in [0.1, 0.15) is 0 Å². The lowest BCUT2D eigenvalue weighted by atomic mass is 9.75. The third kappa shape index (κ3) is 3.94. The molecule has 0 radical (unpaired) electrons. The maximum atomic E-state index is 6.18. The minimum atomic E-state index is 0.307. The molecule has 2 fully saturated rings. The second kappa shape index (κ2) is 7.67. The summed E-state index contributed by atoms with van der Waals surface area (Å²) in [6.07, 6.45) is 8.40. The highest BCUT2D eigenvalue weighted by Crippen LogP contribution is 2.43. The Kier molecular flexibility index (Phi) is 5.14. The SMILES string of the molecule is c1ccc(CCC2(C3CCCO3)CCN(Cc3ccccn3)C2)cc1. The van der Waals surface area contributed by atoms with Crippen molar-refractivity contribution in [1.29, 1.82) is 0 Å². The second-order valence-corrected chi connectivity index (χ2v) is 7.63. The summed E-state index contributed by atoms with van der Waals surface area (Å²) in [7, 11) is 0. The van der Waals surface area contributed by atoms with Gasteiger partial charge in [-0.2, -0.15) is 0 Å². The van der Waals surface area contributed by atoms with Crippen molar-refractivity contribution in [3.8, 4) is 0 Å². The van der Waals surface area contributed by atoms with Crippen LogP contribution < -0.4 is 0 Å². The third-order valence-electron chi connectivity index (χ3n) is 5.94. The van der Waals surface area contributed by atoms with Crippen LogP contribution in [0.1, 0.15) is 36.9 Å². The Morgan fingerprint density at radius 2 is 2.00 bits per heavy atom. The van der Waals surface area contributed by atoms with Crippen LogP contribution in [0.2, 0.25) is 0 Å². The molecule has 3 heteroatoms. The average Bonchev–Trinajstić information content (AvgIpc) is 3.33. The Balaban J connectivity index is 1.45. The molecule has 0 spiro atoms. The molecule has 3 nitrogen and oxygen atoms in total. The monoisotopic (exact) mass is 336 g/mol. The molecule has 3 heterocycles. The first-order valence-corrected chi connectivity index (χ1v) is 9.62. The van der Waals surface area contributed by atoms with Crippen LogP contribution >= 0.6 is 0 Å². The van der Waals surface area contributed by atoms with Crippen LogP contribution in [-0.4, -0.2) is 35.7 Å². The van der Waals surface area contributed by atoms with Crippen molar-refractivity contribution in [2.45, 2.75) is 44.8 Å². The molecule has 2 saturated heterocycles. The highest BCUT2D eigenvalue weighted by Gasteiger charge is 2.45. The first-order valence-electron chi connectivity index (χ1n) is 9.62. The summed E-state index contributed by atoms with van der Waals surface area (Å²) in [4.78, 5) is 7.09. The van der Waals surface area contributed by atoms with E-state index < -0.39 is 0 Å². The van der Waals surface area contributed by atoms with Gasteiger partial charge in [-0.25, -0.2) is 0 Å². The minimum absolute atomic E-state index is 0.307. The van der Waals surface area contributed by atoms with Gasteiger partial charge in [-0.3, -0.25) is 9.88 Å². The van der Waals surface area contributed by atoms with Crippen molar-refractivity contribution in [3.63, 3.8) is 0 Å². The van der Waals surface area contributed by atoms with E-state index in [4.69, 9.17) is 4.74 Å². The molecule has 1 aromatic carbocycles. The fourth-order valence-electron chi connectivity index (χ4n) is 4.57. The van der Waals surface area contributed by atoms with E-state index in [-0.39, 0.29) is 0 Å². The number of likely N-dealkylation sites (tertiary alicyclic amines) is 1. The van der Waals surface area contributed by atoms with E-state index in [0.29, 0.717) is 11.5 Å². The van der Waals surface area contributed by atoms with Crippen molar-refractivity contribution < 1.29 is 4.74 Å². The molecule has 0 N–H and O–H groups in total. The highest BCUT2D eigenvalue weighted by molar-refractivity contribution is 5.15. The number of ether oxygens (including phenoxy) is 1. The average molecular weight is 336 g/mol. The second-order valence-electron chi connectivity index (χ2n) is 7.63. The van der Waals surface area contributed by atoms with Crippen LogP contribution in [0.3, 0.4) is 0 Å². The summed E-state index contributed by atoms with van der Waals surface area (Å²) in [5, 5.41) is 0. The molecule has 0 bridgehead atoms. The number of hydrogen-bond donors (Lipinski definition) is 0. The van der Waals surface area contributed by atoms with Gasteiger partial charge in [0.05, 0.1) is 11.8 Å². The molecule has 0 aliphatic carbocycles. The standard InChI is InChI=1S/C22H28N2O/c1-2-7-19(8-3-1)11-12-22(21-10-6-16-25-21)13-15-24(18-22)17-20-9-4-5-14-23-20/h1-5,7-9,14,21H,6,10-13,15-18H2. The number of pyridine rings is 1. The normalized spacial score (nSPS) is 27.0. The van der Waals surface area contributed by atoms with Crippen LogP contribution in [0.25, 0.3) is 0 Å². The van der Waals surface area contributed by atoms with Gasteiger partial charge in [0.25, 0.3) is 0 Å². The summed E-state index contributed by atoms with van der Waals surface area (Å²) in [5.74, 6) is 0. The lowest BCUT2D eigenvalue weighted by Gasteiger charge is -2.35. The molecule has 132 valence electrons. The molecule has 4 rings (SSSR count). The Morgan fingerprint density at radius 3 is 2.76 bits per heavy atom. The lowest BCUT2D eigenvalue weighted by molar-refractivity contribution is -0.00186. The summed E-state index contributed by atoms with van der Waals surface area (Å²) >= 11 is 0. The molecular weight excluding hydrogens is 308 g/mol. The van der Waals surface area contributed by atoms with Crippen LogP contribution in [0.15, 0.2) is 54.7 Å². The summed E-state index contributed by atoms with van der Waals surface area (Å²) < 4.78 is 6.18. The maximum absolute atomic E-state index is 6.18. The topological polar surface area (TPSA) is 25.4 Å². The van der Waals surface area contributed by atoms with Gasteiger partial charge in [-0.05, 0) is 56.3 Å². The van der Waals surface area contributed by atoms with E-state index in [2.05, 4.69) is 52.3 Å². The maximum Gasteiger partial charge on any atom is 0.0645 e. The Hall–Kier alpha value is -1.71. The van der Waals surface area contributed by atoms with Gasteiger partial charge in [0, 0.05) is 31.3 Å². The van der Waals surface area contributed by atoms with E-state index in [1.807, 2.05) is 12.3 Å². The predicted molar refractivity (Wildman–Crippen MR) is 100 cm³/mol. The lowest BCUT2D eigenvalue weighted by Crippen LogP contribution is -2.38. The minimum Gasteiger partial charge on any atom is -0.378 e. The quantitative estimate of drug-likeness (QED) is 0.794. The molecule has 2 atom stereocenters. The fraction of sp³-hybridized carbons (Fsp3) is 0.500. The van der Waals surface area contributed by atoms with Crippen LogP contribution in [0, 0.1) is 5.41 Å². The zero-order valence-electron chi connectivity index (χ0n) is 14.9. The number of aromatic nitrogens is 1. The summed E-state index contributed by atoms with van der Waals surface area (Å²) in [5.41, 5.74) is 2.93. The Labute approximate surface area is 151 Å². The number of benzene rings is 1. The number of aryl methyl sites for hydroxylation is 1. The van der Waals surface area contributed by atoms with Gasteiger partial charge in [0.2, 0.25) is 0 Å². The molecular formula is C22H28N2O. The highest BCUT2D eigenvalue weighted by atomic mass is 16.5. The zero-order chi connectivity index (χ0) is 17.0. The molecule has 2 aliphatic rings. The number of nitrogens with zero attached hydrogens (tertiary/aromatic N) is 2. The van der Waals surface area contributed by atoms with Gasteiger partial charge < -0.3 is 4.74 Å². The van der Waals surface area contributed by atoms with E-state index >= 15 is 0 Å². The largest absolute Gasteiger partial charge is 0.378 e. The Morgan fingerprint density at radius 1 is 1.12 bits per heavy atom. The van der Waals surface area contributed by atoms with E-state index in [0.717, 1.165) is 32.7 Å². The Bertz CT molecular complexity index is 654. The van der Waals surface area contributed by atoms with Crippen LogP contribution in [0.5, 0.6) is 0 Å². The van der Waals surface area contributed by atoms with Crippen LogP contribution in [0.4, 0.5) is 0 Å². The molecule has 2 aromatic rings. The first-order chi connectivity index (χ1) is 12.3. The molecule has 2 aliphatic heterocycles. The van der Waals surface area contributed by atoms with Gasteiger partial charge in [0.15, 0.2) is 0 Å². The van der Waals surface area contributed by atoms with Crippen molar-refractivity contribution in [2.24, 2.45) is 5.41 Å². The molecule has 0 amide bonds. The van der Waals surface area contributed by atoms with E-state index in [9.17, 15) is 0 Å². The van der Waals surface area contributed by atoms with Gasteiger partial charge in [-0.1, -0.05) is 36.4 Å². The smallest absolute Gasteiger partial charge is 0.0645 e. The van der Waals surface area contributed by atoms with E-state index in [1.54, 1.807) is 0 Å². The van der Waals surface area contributed by atoms with Gasteiger partial charge >= 0.3 is 0 Å². The molecule has 1 aromatic heterocycles. The van der Waals surface area contributed by atoms with E-state index in [1.165, 1.54) is 36.9 Å². The molecule has 25 heavy (non-hydrogen) atoms.